The largest absolute Gasteiger partial charge is 0.338 e. The zero-order chi connectivity index (χ0) is 17.2. The van der Waals surface area contributed by atoms with Crippen molar-refractivity contribution < 1.29 is 9.45 Å². The third kappa shape index (κ3) is 3.42. The molecule has 132 valence electrons. The van der Waals surface area contributed by atoms with E-state index in [-0.39, 0.29) is 5.69 Å². The fourth-order valence-corrected chi connectivity index (χ4v) is 4.29. The van der Waals surface area contributed by atoms with Gasteiger partial charge in [0.2, 0.25) is 11.7 Å². The van der Waals surface area contributed by atoms with Crippen LogP contribution in [0.4, 0.5) is 5.69 Å². The van der Waals surface area contributed by atoms with Crippen molar-refractivity contribution in [1.82, 2.24) is 15.0 Å². The molecule has 2 fully saturated rings. The Balaban J connectivity index is 1.49. The summed E-state index contributed by atoms with van der Waals surface area (Å²) in [6.07, 6.45) is 7.82. The van der Waals surface area contributed by atoms with Gasteiger partial charge in [0.05, 0.1) is 11.5 Å². The number of non-ortho nitro benzene ring substituents is 1. The summed E-state index contributed by atoms with van der Waals surface area (Å²) in [7, 11) is 0. The summed E-state index contributed by atoms with van der Waals surface area (Å²) >= 11 is 0. The molecule has 7 nitrogen and oxygen atoms in total. The normalized spacial score (nSPS) is 24.0. The number of likely N-dealkylation sites (tertiary alicyclic amines) is 1. The van der Waals surface area contributed by atoms with E-state index in [1.165, 1.54) is 50.7 Å². The van der Waals surface area contributed by atoms with Gasteiger partial charge < -0.3 is 4.52 Å². The van der Waals surface area contributed by atoms with Crippen molar-refractivity contribution in [3.05, 3.63) is 40.3 Å². The summed E-state index contributed by atoms with van der Waals surface area (Å²) in [6.45, 7) is 1.75. The van der Waals surface area contributed by atoms with Crippen LogP contribution in [0.3, 0.4) is 0 Å². The maximum atomic E-state index is 10.9. The third-order valence-corrected chi connectivity index (χ3v) is 5.48. The average Bonchev–Trinajstić information content (AvgIpc) is 3.11. The minimum atomic E-state index is -0.415. The molecule has 1 aromatic heterocycles. The van der Waals surface area contributed by atoms with E-state index in [0.717, 1.165) is 12.5 Å². The standard InChI is InChI=1S/C18H22N4O3/c23-22(24)15-8-3-6-14(11-15)18-19-17(25-20-18)12-21-10-4-7-13-5-1-2-9-16(13)21/h3,6,8,11,13,16H,1-2,4-5,7,9-10,12H2/t13-,16+/m0/s1. The number of nitrogens with zero attached hydrogens (tertiary/aromatic N) is 4. The summed E-state index contributed by atoms with van der Waals surface area (Å²) in [5.41, 5.74) is 0.642. The molecule has 0 radical (unpaired) electrons. The molecule has 2 aliphatic rings. The Morgan fingerprint density at radius 3 is 2.96 bits per heavy atom. The lowest BCUT2D eigenvalue weighted by Crippen LogP contribution is -2.46. The zero-order valence-corrected chi connectivity index (χ0v) is 14.1. The first-order valence-corrected chi connectivity index (χ1v) is 9.02. The van der Waals surface area contributed by atoms with Gasteiger partial charge in [-0.3, -0.25) is 15.0 Å². The molecule has 0 unspecified atom stereocenters. The molecule has 1 saturated carbocycles. The maximum Gasteiger partial charge on any atom is 0.270 e. The number of benzene rings is 1. The Morgan fingerprint density at radius 1 is 1.24 bits per heavy atom. The van der Waals surface area contributed by atoms with E-state index in [4.69, 9.17) is 4.52 Å². The van der Waals surface area contributed by atoms with E-state index >= 15 is 0 Å². The van der Waals surface area contributed by atoms with Crippen molar-refractivity contribution in [2.75, 3.05) is 6.54 Å². The van der Waals surface area contributed by atoms with Crippen molar-refractivity contribution in [1.29, 1.82) is 0 Å². The highest BCUT2D eigenvalue weighted by molar-refractivity contribution is 5.58. The third-order valence-electron chi connectivity index (χ3n) is 5.48. The molecule has 0 bridgehead atoms. The molecule has 4 rings (SSSR count). The highest BCUT2D eigenvalue weighted by Crippen LogP contribution is 2.36. The van der Waals surface area contributed by atoms with Crippen LogP contribution in [0, 0.1) is 16.0 Å². The van der Waals surface area contributed by atoms with Crippen molar-refractivity contribution >= 4 is 5.69 Å². The van der Waals surface area contributed by atoms with Gasteiger partial charge in [0.15, 0.2) is 0 Å². The lowest BCUT2D eigenvalue weighted by Gasteiger charge is -2.43. The number of nitro groups is 1. The molecule has 25 heavy (non-hydrogen) atoms. The Hall–Kier alpha value is -2.28. The predicted octanol–water partition coefficient (Wildman–Crippen LogP) is 3.80. The lowest BCUT2D eigenvalue weighted by atomic mass is 9.78. The van der Waals surface area contributed by atoms with E-state index in [9.17, 15) is 10.1 Å². The highest BCUT2D eigenvalue weighted by atomic mass is 16.6. The van der Waals surface area contributed by atoms with Crippen LogP contribution in [0.1, 0.15) is 44.4 Å². The van der Waals surface area contributed by atoms with Crippen LogP contribution in [0.2, 0.25) is 0 Å². The number of rotatable bonds is 4. The van der Waals surface area contributed by atoms with E-state index in [1.807, 2.05) is 0 Å². The summed E-state index contributed by atoms with van der Waals surface area (Å²) in [5, 5.41) is 14.9. The fourth-order valence-electron chi connectivity index (χ4n) is 4.29. The van der Waals surface area contributed by atoms with Crippen molar-refractivity contribution in [3.63, 3.8) is 0 Å². The van der Waals surface area contributed by atoms with Crippen LogP contribution >= 0.6 is 0 Å². The number of fused-ring (bicyclic) bond motifs is 1. The van der Waals surface area contributed by atoms with Gasteiger partial charge in [-0.25, -0.2) is 0 Å². The van der Waals surface area contributed by atoms with Crippen molar-refractivity contribution in [2.24, 2.45) is 5.92 Å². The van der Waals surface area contributed by atoms with Gasteiger partial charge in [0.25, 0.3) is 5.69 Å². The molecule has 0 spiro atoms. The van der Waals surface area contributed by atoms with Crippen LogP contribution in [0.15, 0.2) is 28.8 Å². The highest BCUT2D eigenvalue weighted by Gasteiger charge is 2.33. The van der Waals surface area contributed by atoms with Crippen LogP contribution in [-0.2, 0) is 6.54 Å². The predicted molar refractivity (Wildman–Crippen MR) is 91.8 cm³/mol. The van der Waals surface area contributed by atoms with E-state index in [0.29, 0.717) is 29.9 Å². The molecule has 1 aliphatic carbocycles. The molecule has 1 saturated heterocycles. The SMILES string of the molecule is O=[N+]([O-])c1cccc(-c2noc(CN3CCC[C@@H]4CCCC[C@H]43)n2)c1. The van der Waals surface area contributed by atoms with Crippen LogP contribution in [0.25, 0.3) is 11.4 Å². The molecule has 0 N–H and O–H groups in total. The first-order chi connectivity index (χ1) is 12.2. The first kappa shape index (κ1) is 16.2. The van der Waals surface area contributed by atoms with E-state index in [2.05, 4.69) is 15.0 Å². The maximum absolute atomic E-state index is 10.9. The average molecular weight is 342 g/mol. The minimum absolute atomic E-state index is 0.0323. The number of hydrogen-bond acceptors (Lipinski definition) is 6. The molecular formula is C18H22N4O3. The van der Waals surface area contributed by atoms with Crippen LogP contribution < -0.4 is 0 Å². The summed E-state index contributed by atoms with van der Waals surface area (Å²) in [5.74, 6) is 1.81. The van der Waals surface area contributed by atoms with Gasteiger partial charge in [-0.1, -0.05) is 30.1 Å². The van der Waals surface area contributed by atoms with Crippen LogP contribution in [-0.4, -0.2) is 32.6 Å². The second kappa shape index (κ2) is 6.92. The lowest BCUT2D eigenvalue weighted by molar-refractivity contribution is -0.384. The van der Waals surface area contributed by atoms with Gasteiger partial charge in [0.1, 0.15) is 0 Å². The van der Waals surface area contributed by atoms with E-state index in [1.54, 1.807) is 12.1 Å². The van der Waals surface area contributed by atoms with Gasteiger partial charge in [0, 0.05) is 23.7 Å². The number of piperidine rings is 1. The van der Waals surface area contributed by atoms with Gasteiger partial charge in [-0.05, 0) is 38.1 Å². The second-order valence-electron chi connectivity index (χ2n) is 7.04. The molecule has 2 heterocycles. The molecule has 2 aromatic rings. The Bertz CT molecular complexity index is 758. The number of nitro benzene ring substituents is 1. The zero-order valence-electron chi connectivity index (χ0n) is 14.1. The smallest absolute Gasteiger partial charge is 0.270 e. The van der Waals surface area contributed by atoms with Crippen LogP contribution in [0.5, 0.6) is 0 Å². The Kier molecular flexibility index (Phi) is 4.48. The molecule has 0 amide bonds. The van der Waals surface area contributed by atoms with Crippen molar-refractivity contribution in [2.45, 2.75) is 51.1 Å². The summed E-state index contributed by atoms with van der Waals surface area (Å²) in [6, 6.07) is 6.98. The molecule has 7 heteroatoms. The van der Waals surface area contributed by atoms with Gasteiger partial charge >= 0.3 is 0 Å². The van der Waals surface area contributed by atoms with Gasteiger partial charge in [-0.15, -0.1) is 0 Å². The number of hydrogen-bond donors (Lipinski definition) is 0. The van der Waals surface area contributed by atoms with E-state index < -0.39 is 4.92 Å². The molecule has 2 atom stereocenters. The monoisotopic (exact) mass is 342 g/mol. The quantitative estimate of drug-likeness (QED) is 0.620. The topological polar surface area (TPSA) is 85.3 Å². The number of aromatic nitrogens is 2. The summed E-state index contributed by atoms with van der Waals surface area (Å²) in [4.78, 5) is 17.5. The molecular weight excluding hydrogens is 320 g/mol. The van der Waals surface area contributed by atoms with Crippen molar-refractivity contribution in [3.8, 4) is 11.4 Å². The Labute approximate surface area is 146 Å². The molecule has 1 aromatic carbocycles. The first-order valence-electron chi connectivity index (χ1n) is 9.02. The van der Waals surface area contributed by atoms with Gasteiger partial charge in [-0.2, -0.15) is 4.98 Å². The Morgan fingerprint density at radius 2 is 2.08 bits per heavy atom. The summed E-state index contributed by atoms with van der Waals surface area (Å²) < 4.78 is 5.43. The fraction of sp³-hybridized carbons (Fsp3) is 0.556. The second-order valence-corrected chi connectivity index (χ2v) is 7.04. The minimum Gasteiger partial charge on any atom is -0.338 e. The molecule has 1 aliphatic heterocycles.